The van der Waals surface area contributed by atoms with Crippen molar-refractivity contribution < 1.29 is 18.7 Å². The number of furan rings is 1. The summed E-state index contributed by atoms with van der Waals surface area (Å²) < 4.78 is 16.2. The number of fused-ring (bicyclic) bond motifs is 1. The second-order valence-corrected chi connectivity index (χ2v) is 6.07. The lowest BCUT2D eigenvalue weighted by atomic mass is 10.1. The minimum Gasteiger partial charge on any atom is -0.497 e. The molecule has 3 heterocycles. The molecule has 1 atom stereocenters. The van der Waals surface area contributed by atoms with Gasteiger partial charge in [0.2, 0.25) is 5.43 Å². The SMILES string of the molecule is COc1ccc2c(=O)c(C(=O)N3CCOC(c4ccco4)C3)c[nH]c2c1. The van der Waals surface area contributed by atoms with E-state index < -0.39 is 0 Å². The fourth-order valence-corrected chi connectivity index (χ4v) is 3.14. The fraction of sp³-hybridized carbons (Fsp3) is 0.263. The molecule has 7 heteroatoms. The number of H-pyrrole nitrogens is 1. The second kappa shape index (κ2) is 6.68. The molecule has 1 unspecified atom stereocenters. The number of hydrogen-bond acceptors (Lipinski definition) is 5. The van der Waals surface area contributed by atoms with Gasteiger partial charge in [-0.3, -0.25) is 9.59 Å². The predicted molar refractivity (Wildman–Crippen MR) is 94.4 cm³/mol. The van der Waals surface area contributed by atoms with Gasteiger partial charge in [-0.1, -0.05) is 0 Å². The van der Waals surface area contributed by atoms with Gasteiger partial charge in [0, 0.05) is 24.2 Å². The van der Waals surface area contributed by atoms with Crippen LogP contribution in [0.4, 0.5) is 0 Å². The average molecular weight is 354 g/mol. The van der Waals surface area contributed by atoms with Gasteiger partial charge in [-0.15, -0.1) is 0 Å². The van der Waals surface area contributed by atoms with Gasteiger partial charge in [-0.2, -0.15) is 0 Å². The highest BCUT2D eigenvalue weighted by Gasteiger charge is 2.29. The van der Waals surface area contributed by atoms with Gasteiger partial charge in [0.05, 0.1) is 32.0 Å². The number of carbonyl (C=O) groups excluding carboxylic acids is 1. The average Bonchev–Trinajstić information content (AvgIpc) is 3.22. The van der Waals surface area contributed by atoms with Crippen LogP contribution >= 0.6 is 0 Å². The second-order valence-electron chi connectivity index (χ2n) is 6.07. The van der Waals surface area contributed by atoms with Crippen molar-refractivity contribution >= 4 is 16.8 Å². The molecule has 1 aliphatic heterocycles. The number of hydrogen-bond donors (Lipinski definition) is 1. The molecule has 1 aliphatic rings. The third-order valence-corrected chi connectivity index (χ3v) is 4.53. The first-order valence-corrected chi connectivity index (χ1v) is 8.31. The van der Waals surface area contributed by atoms with Crippen molar-refractivity contribution in [1.29, 1.82) is 0 Å². The number of carbonyl (C=O) groups is 1. The predicted octanol–water partition coefficient (Wildman–Crippen LogP) is 2.34. The minimum absolute atomic E-state index is 0.114. The monoisotopic (exact) mass is 354 g/mol. The maximum Gasteiger partial charge on any atom is 0.259 e. The largest absolute Gasteiger partial charge is 0.497 e. The molecule has 0 saturated carbocycles. The molecule has 0 aliphatic carbocycles. The highest BCUT2D eigenvalue weighted by atomic mass is 16.5. The number of morpholine rings is 1. The molecule has 134 valence electrons. The van der Waals surface area contributed by atoms with E-state index in [2.05, 4.69) is 4.98 Å². The number of rotatable bonds is 3. The van der Waals surface area contributed by atoms with Crippen molar-refractivity contribution in [3.63, 3.8) is 0 Å². The number of ether oxygens (including phenoxy) is 2. The molecular formula is C19H18N2O5. The molecule has 26 heavy (non-hydrogen) atoms. The van der Waals surface area contributed by atoms with E-state index in [0.29, 0.717) is 42.1 Å². The van der Waals surface area contributed by atoms with E-state index in [-0.39, 0.29) is 23.0 Å². The van der Waals surface area contributed by atoms with E-state index in [4.69, 9.17) is 13.9 Å². The topological polar surface area (TPSA) is 84.8 Å². The zero-order valence-corrected chi connectivity index (χ0v) is 14.2. The molecule has 1 amide bonds. The van der Waals surface area contributed by atoms with Crippen molar-refractivity contribution in [2.45, 2.75) is 6.10 Å². The summed E-state index contributed by atoms with van der Waals surface area (Å²) in [6.45, 7) is 1.16. The normalized spacial score (nSPS) is 17.4. The summed E-state index contributed by atoms with van der Waals surface area (Å²) in [5.41, 5.74) is 0.441. The van der Waals surface area contributed by atoms with Crippen LogP contribution in [-0.2, 0) is 4.74 Å². The first-order valence-electron chi connectivity index (χ1n) is 8.31. The van der Waals surface area contributed by atoms with Crippen LogP contribution in [0.15, 0.2) is 52.0 Å². The van der Waals surface area contributed by atoms with Crippen LogP contribution in [0, 0.1) is 0 Å². The van der Waals surface area contributed by atoms with Gasteiger partial charge in [0.1, 0.15) is 23.2 Å². The summed E-state index contributed by atoms with van der Waals surface area (Å²) in [4.78, 5) is 30.3. The number of aromatic amines is 1. The highest BCUT2D eigenvalue weighted by molar-refractivity contribution is 5.97. The van der Waals surface area contributed by atoms with Gasteiger partial charge >= 0.3 is 0 Å². The number of nitrogens with one attached hydrogen (secondary N) is 1. The zero-order chi connectivity index (χ0) is 18.1. The summed E-state index contributed by atoms with van der Waals surface area (Å²) in [7, 11) is 1.56. The Balaban J connectivity index is 1.63. The maximum absolute atomic E-state index is 12.9. The molecule has 0 spiro atoms. The minimum atomic E-state index is -0.327. The quantitative estimate of drug-likeness (QED) is 0.780. The smallest absolute Gasteiger partial charge is 0.259 e. The van der Waals surface area contributed by atoms with Crippen molar-refractivity contribution in [3.05, 3.63) is 64.3 Å². The van der Waals surface area contributed by atoms with Crippen LogP contribution in [0.25, 0.3) is 10.9 Å². The number of aromatic nitrogens is 1. The number of nitrogens with zero attached hydrogens (tertiary/aromatic N) is 1. The van der Waals surface area contributed by atoms with E-state index in [1.54, 1.807) is 42.5 Å². The summed E-state index contributed by atoms with van der Waals surface area (Å²) in [5, 5.41) is 0.451. The van der Waals surface area contributed by atoms with E-state index in [0.717, 1.165) is 0 Å². The first kappa shape index (κ1) is 16.4. The summed E-state index contributed by atoms with van der Waals surface area (Å²) >= 11 is 0. The van der Waals surface area contributed by atoms with Gasteiger partial charge in [-0.05, 0) is 24.3 Å². The maximum atomic E-state index is 12.9. The van der Waals surface area contributed by atoms with Crippen molar-refractivity contribution in [2.75, 3.05) is 26.8 Å². The van der Waals surface area contributed by atoms with E-state index in [1.165, 1.54) is 6.20 Å². The molecular weight excluding hydrogens is 336 g/mol. The van der Waals surface area contributed by atoms with Crippen molar-refractivity contribution in [2.24, 2.45) is 0 Å². The number of benzene rings is 1. The highest BCUT2D eigenvalue weighted by Crippen LogP contribution is 2.23. The summed E-state index contributed by atoms with van der Waals surface area (Å²) in [6.07, 6.45) is 2.71. The number of methoxy groups -OCH3 is 1. The zero-order valence-electron chi connectivity index (χ0n) is 14.2. The molecule has 3 aromatic rings. The molecule has 1 N–H and O–H groups in total. The van der Waals surface area contributed by atoms with Crippen LogP contribution in [0.3, 0.4) is 0 Å². The van der Waals surface area contributed by atoms with Gasteiger partial charge < -0.3 is 23.8 Å². The lowest BCUT2D eigenvalue weighted by molar-refractivity contribution is -0.0321. The van der Waals surface area contributed by atoms with Gasteiger partial charge in [-0.25, -0.2) is 0 Å². The number of amides is 1. The Labute approximate surface area is 149 Å². The third-order valence-electron chi connectivity index (χ3n) is 4.53. The van der Waals surface area contributed by atoms with Crippen LogP contribution in [0.1, 0.15) is 22.2 Å². The van der Waals surface area contributed by atoms with Crippen LogP contribution < -0.4 is 10.2 Å². The standard InChI is InChI=1S/C19H18N2O5/c1-24-12-4-5-13-15(9-12)20-10-14(18(13)22)19(23)21-6-8-26-17(11-21)16-3-2-7-25-16/h2-5,7,9-10,17H,6,8,11H2,1H3,(H,20,22). The van der Waals surface area contributed by atoms with E-state index >= 15 is 0 Å². The first-order chi connectivity index (χ1) is 12.7. The lowest BCUT2D eigenvalue weighted by Gasteiger charge is -2.31. The van der Waals surface area contributed by atoms with Crippen LogP contribution in [0.5, 0.6) is 5.75 Å². The van der Waals surface area contributed by atoms with E-state index in [1.807, 2.05) is 6.07 Å². The Morgan fingerprint density at radius 2 is 2.23 bits per heavy atom. The molecule has 0 radical (unpaired) electrons. The third kappa shape index (κ3) is 2.86. The fourth-order valence-electron chi connectivity index (χ4n) is 3.14. The number of pyridine rings is 1. The molecule has 1 saturated heterocycles. The molecule has 0 bridgehead atoms. The van der Waals surface area contributed by atoms with E-state index in [9.17, 15) is 9.59 Å². The Kier molecular flexibility index (Phi) is 4.22. The Morgan fingerprint density at radius 3 is 3.00 bits per heavy atom. The van der Waals surface area contributed by atoms with Crippen LogP contribution in [0.2, 0.25) is 0 Å². The van der Waals surface area contributed by atoms with Gasteiger partial charge in [0.15, 0.2) is 0 Å². The molecule has 1 fully saturated rings. The lowest BCUT2D eigenvalue weighted by Crippen LogP contribution is -2.43. The van der Waals surface area contributed by atoms with Gasteiger partial charge in [0.25, 0.3) is 5.91 Å². The summed E-state index contributed by atoms with van der Waals surface area (Å²) in [5.74, 6) is 0.993. The molecule has 4 rings (SSSR count). The van der Waals surface area contributed by atoms with Crippen molar-refractivity contribution in [3.8, 4) is 5.75 Å². The van der Waals surface area contributed by atoms with Crippen LogP contribution in [-0.4, -0.2) is 42.6 Å². The molecule has 1 aromatic carbocycles. The summed E-state index contributed by atoms with van der Waals surface area (Å²) in [6, 6.07) is 8.69. The molecule has 7 nitrogen and oxygen atoms in total. The Bertz CT molecular complexity index is 993. The Hall–Kier alpha value is -3.06. The molecule has 2 aromatic heterocycles. The van der Waals surface area contributed by atoms with Crippen molar-refractivity contribution in [1.82, 2.24) is 9.88 Å². The Morgan fingerprint density at radius 1 is 1.35 bits per heavy atom.